The van der Waals surface area contributed by atoms with Gasteiger partial charge >= 0.3 is 10.8 Å². The molecule has 0 fully saturated rings. The Kier molecular flexibility index (Phi) is 2.09. The molecule has 0 aliphatic heterocycles. The van der Waals surface area contributed by atoms with Crippen molar-refractivity contribution in [3.8, 4) is 0 Å². The maximum Gasteiger partial charge on any atom is 0.307 e. The van der Waals surface area contributed by atoms with Gasteiger partial charge in [0.1, 0.15) is 0 Å². The van der Waals surface area contributed by atoms with Gasteiger partial charge in [0.15, 0.2) is 0 Å². The quantitative estimate of drug-likeness (QED) is 0.781. The van der Waals surface area contributed by atoms with Crippen LogP contribution in [0.25, 0.3) is 10.2 Å². The van der Waals surface area contributed by atoms with Crippen LogP contribution in [-0.4, -0.2) is 16.1 Å². The zero-order valence-electron chi connectivity index (χ0n) is 7.11. The first kappa shape index (κ1) is 8.96. The van der Waals surface area contributed by atoms with Crippen molar-refractivity contribution in [3.63, 3.8) is 0 Å². The highest BCUT2D eigenvalue weighted by molar-refractivity contribution is 7.16. The topological polar surface area (TPSA) is 70.2 Å². The molecule has 1 aromatic carbocycles. The number of H-pyrrole nitrogens is 1. The monoisotopic (exact) mass is 209 g/mol. The van der Waals surface area contributed by atoms with Crippen molar-refractivity contribution in [3.05, 3.63) is 33.4 Å². The van der Waals surface area contributed by atoms with Gasteiger partial charge in [-0.2, -0.15) is 0 Å². The second-order valence-electron chi connectivity index (χ2n) is 2.92. The molecular formula is C9H7NO3S. The van der Waals surface area contributed by atoms with Crippen LogP contribution >= 0.6 is 11.3 Å². The normalized spacial score (nSPS) is 10.6. The Morgan fingerprint density at radius 2 is 2.29 bits per heavy atom. The molecule has 0 unspecified atom stereocenters. The first-order chi connectivity index (χ1) is 6.65. The lowest BCUT2D eigenvalue weighted by Crippen LogP contribution is -1.99. The number of carbonyl (C=O) groups is 1. The van der Waals surface area contributed by atoms with E-state index in [1.807, 2.05) is 0 Å². The molecule has 0 aliphatic carbocycles. The van der Waals surface area contributed by atoms with Gasteiger partial charge in [0, 0.05) is 0 Å². The summed E-state index contributed by atoms with van der Waals surface area (Å²) < 4.78 is 0.800. The third-order valence-corrected chi connectivity index (χ3v) is 2.69. The highest BCUT2D eigenvalue weighted by atomic mass is 32.1. The summed E-state index contributed by atoms with van der Waals surface area (Å²) >= 11 is 1.09. The number of hydrogen-bond donors (Lipinski definition) is 2. The minimum Gasteiger partial charge on any atom is -0.481 e. The van der Waals surface area contributed by atoms with Crippen molar-refractivity contribution in [1.29, 1.82) is 0 Å². The molecule has 0 amide bonds. The second kappa shape index (κ2) is 3.26. The van der Waals surface area contributed by atoms with Gasteiger partial charge < -0.3 is 10.1 Å². The molecule has 4 nitrogen and oxygen atoms in total. The minimum atomic E-state index is -0.868. The molecule has 0 atom stereocenters. The van der Waals surface area contributed by atoms with E-state index in [0.717, 1.165) is 21.6 Å². The Hall–Kier alpha value is -1.62. The predicted molar refractivity (Wildman–Crippen MR) is 53.8 cm³/mol. The van der Waals surface area contributed by atoms with E-state index in [2.05, 4.69) is 4.98 Å². The zero-order valence-corrected chi connectivity index (χ0v) is 7.93. The van der Waals surface area contributed by atoms with Crippen LogP contribution in [0.1, 0.15) is 5.56 Å². The minimum absolute atomic E-state index is 0.0119. The van der Waals surface area contributed by atoms with E-state index in [-0.39, 0.29) is 11.3 Å². The van der Waals surface area contributed by atoms with Crippen LogP contribution in [0, 0.1) is 0 Å². The molecule has 0 bridgehead atoms. The number of carboxylic acid groups (broad SMARTS) is 1. The largest absolute Gasteiger partial charge is 0.481 e. The molecule has 0 saturated heterocycles. The average molecular weight is 209 g/mol. The van der Waals surface area contributed by atoms with Gasteiger partial charge in [-0.3, -0.25) is 9.59 Å². The highest BCUT2D eigenvalue weighted by Crippen LogP contribution is 2.16. The second-order valence-corrected chi connectivity index (χ2v) is 3.93. The highest BCUT2D eigenvalue weighted by Gasteiger charge is 2.03. The maximum absolute atomic E-state index is 11.0. The third-order valence-electron chi connectivity index (χ3n) is 1.84. The fourth-order valence-corrected chi connectivity index (χ4v) is 2.07. The van der Waals surface area contributed by atoms with E-state index in [4.69, 9.17) is 5.11 Å². The molecule has 2 N–H and O–H groups in total. The number of rotatable bonds is 2. The van der Waals surface area contributed by atoms with Crippen LogP contribution in [0.4, 0.5) is 0 Å². The fraction of sp³-hybridized carbons (Fsp3) is 0.111. The number of thiazole rings is 1. The van der Waals surface area contributed by atoms with Crippen molar-refractivity contribution < 1.29 is 9.90 Å². The van der Waals surface area contributed by atoms with E-state index >= 15 is 0 Å². The first-order valence-corrected chi connectivity index (χ1v) is 4.80. The number of aromatic amines is 1. The number of fused-ring (bicyclic) bond motifs is 1. The van der Waals surface area contributed by atoms with Crippen molar-refractivity contribution in [2.45, 2.75) is 6.42 Å². The molecule has 2 rings (SSSR count). The summed E-state index contributed by atoms with van der Waals surface area (Å²) in [6, 6.07) is 5.16. The molecule has 72 valence electrons. The zero-order chi connectivity index (χ0) is 10.1. The Morgan fingerprint density at radius 3 is 3.00 bits per heavy atom. The summed E-state index contributed by atoms with van der Waals surface area (Å²) in [4.78, 5) is 23.9. The van der Waals surface area contributed by atoms with Crippen LogP contribution in [0.15, 0.2) is 23.0 Å². The molecule has 5 heteroatoms. The van der Waals surface area contributed by atoms with E-state index in [1.54, 1.807) is 18.2 Å². The summed E-state index contributed by atoms with van der Waals surface area (Å²) in [6.45, 7) is 0. The molecule has 2 aromatic rings. The van der Waals surface area contributed by atoms with E-state index in [1.165, 1.54) is 0 Å². The summed E-state index contributed by atoms with van der Waals surface area (Å²) in [6.07, 6.45) is -0.0119. The third kappa shape index (κ3) is 1.67. The van der Waals surface area contributed by atoms with Gasteiger partial charge in [-0.1, -0.05) is 17.4 Å². The van der Waals surface area contributed by atoms with Crippen LogP contribution in [0.5, 0.6) is 0 Å². The van der Waals surface area contributed by atoms with E-state index < -0.39 is 5.97 Å². The van der Waals surface area contributed by atoms with Gasteiger partial charge in [0.05, 0.1) is 16.6 Å². The van der Waals surface area contributed by atoms with Crippen molar-refractivity contribution >= 4 is 27.5 Å². The van der Waals surface area contributed by atoms with Crippen LogP contribution in [0.3, 0.4) is 0 Å². The average Bonchev–Trinajstić information content (AvgIpc) is 2.42. The lowest BCUT2D eigenvalue weighted by atomic mass is 10.1. The van der Waals surface area contributed by atoms with Crippen molar-refractivity contribution in [2.75, 3.05) is 0 Å². The Morgan fingerprint density at radius 1 is 1.50 bits per heavy atom. The van der Waals surface area contributed by atoms with Gasteiger partial charge in [0.25, 0.3) is 0 Å². The van der Waals surface area contributed by atoms with Gasteiger partial charge in [-0.25, -0.2) is 0 Å². The van der Waals surface area contributed by atoms with Gasteiger partial charge in [0.2, 0.25) is 0 Å². The van der Waals surface area contributed by atoms with Gasteiger partial charge in [-0.05, 0) is 17.7 Å². The summed E-state index contributed by atoms with van der Waals surface area (Å²) in [7, 11) is 0. The number of hydrogen-bond acceptors (Lipinski definition) is 3. The first-order valence-electron chi connectivity index (χ1n) is 3.99. The lowest BCUT2D eigenvalue weighted by molar-refractivity contribution is -0.136. The molecular weight excluding hydrogens is 202 g/mol. The predicted octanol–water partition coefficient (Wildman–Crippen LogP) is 1.22. The fourth-order valence-electron chi connectivity index (χ4n) is 1.27. The molecule has 1 aromatic heterocycles. The Labute approximate surface area is 82.8 Å². The van der Waals surface area contributed by atoms with Crippen molar-refractivity contribution in [2.24, 2.45) is 0 Å². The SMILES string of the molecule is O=C(O)Cc1ccc2[nH]c(=O)sc2c1. The molecule has 0 saturated carbocycles. The molecule has 14 heavy (non-hydrogen) atoms. The Bertz CT molecular complexity index is 540. The number of nitrogens with one attached hydrogen (secondary N) is 1. The summed E-state index contributed by atoms with van der Waals surface area (Å²) in [5.74, 6) is -0.868. The van der Waals surface area contributed by atoms with Crippen LogP contribution in [-0.2, 0) is 11.2 Å². The number of benzene rings is 1. The number of carboxylic acids is 1. The van der Waals surface area contributed by atoms with E-state index in [0.29, 0.717) is 5.56 Å². The maximum atomic E-state index is 11.0. The van der Waals surface area contributed by atoms with Crippen LogP contribution < -0.4 is 4.87 Å². The van der Waals surface area contributed by atoms with Crippen molar-refractivity contribution in [1.82, 2.24) is 4.98 Å². The number of aliphatic carboxylic acids is 1. The summed E-state index contributed by atoms with van der Waals surface area (Å²) in [5.41, 5.74) is 1.47. The van der Waals surface area contributed by atoms with Gasteiger partial charge in [-0.15, -0.1) is 0 Å². The lowest BCUT2D eigenvalue weighted by Gasteiger charge is -1.95. The molecule has 0 radical (unpaired) electrons. The molecule has 0 spiro atoms. The number of aromatic nitrogens is 1. The smallest absolute Gasteiger partial charge is 0.307 e. The standard InChI is InChI=1S/C9H7NO3S/c11-8(12)4-5-1-2-6-7(3-5)14-9(13)10-6/h1-3H,4H2,(H,10,13)(H,11,12). The van der Waals surface area contributed by atoms with Crippen LogP contribution in [0.2, 0.25) is 0 Å². The molecule has 0 aliphatic rings. The Balaban J connectivity index is 2.50. The summed E-state index contributed by atoms with van der Waals surface area (Å²) in [5, 5.41) is 8.58. The molecule has 1 heterocycles. The van der Waals surface area contributed by atoms with E-state index in [9.17, 15) is 9.59 Å².